The molecule has 1 nitrogen and oxygen atoms in total. The van der Waals surface area contributed by atoms with Crippen molar-refractivity contribution in [2.24, 2.45) is 5.73 Å². The fourth-order valence-corrected chi connectivity index (χ4v) is 1.94. The van der Waals surface area contributed by atoms with Crippen LogP contribution in [0.25, 0.3) is 0 Å². The summed E-state index contributed by atoms with van der Waals surface area (Å²) in [4.78, 5) is 0. The maximum Gasteiger partial charge on any atom is 0.0477 e. The molecule has 0 saturated heterocycles. The van der Waals surface area contributed by atoms with Crippen molar-refractivity contribution in [3.63, 3.8) is 0 Å². The summed E-state index contributed by atoms with van der Waals surface area (Å²) in [5.74, 6) is 1.02. The molecule has 0 radical (unpaired) electrons. The van der Waals surface area contributed by atoms with Gasteiger partial charge in [-0.25, -0.2) is 0 Å². The molecule has 0 bridgehead atoms. The van der Waals surface area contributed by atoms with Crippen LogP contribution in [-0.2, 0) is 18.2 Å². The van der Waals surface area contributed by atoms with Gasteiger partial charge in [-0.3, -0.25) is 0 Å². The van der Waals surface area contributed by atoms with Crippen LogP contribution in [0.3, 0.4) is 0 Å². The Labute approximate surface area is 95.2 Å². The first-order chi connectivity index (χ1) is 6.67. The minimum atomic E-state index is 0.181. The van der Waals surface area contributed by atoms with E-state index in [1.165, 1.54) is 5.56 Å². The summed E-state index contributed by atoms with van der Waals surface area (Å²) >= 11 is 11.6. The smallest absolute Gasteiger partial charge is 0.0477 e. The van der Waals surface area contributed by atoms with Crippen molar-refractivity contribution in [1.29, 1.82) is 0 Å². The van der Waals surface area contributed by atoms with Crippen molar-refractivity contribution < 1.29 is 0 Å². The number of hydrogen-bond donors (Lipinski definition) is 1. The van der Waals surface area contributed by atoms with Crippen molar-refractivity contribution >= 4 is 23.2 Å². The summed E-state index contributed by atoms with van der Waals surface area (Å²) in [6, 6.07) is 6.37. The van der Waals surface area contributed by atoms with E-state index in [1.807, 2.05) is 13.0 Å². The molecule has 0 amide bonds. The van der Waals surface area contributed by atoms with Gasteiger partial charge in [0.25, 0.3) is 0 Å². The van der Waals surface area contributed by atoms with Crippen LogP contribution >= 0.6 is 23.2 Å². The average Bonchev–Trinajstić information content (AvgIpc) is 2.16. The molecule has 3 heteroatoms. The Morgan fingerprint density at radius 2 is 1.86 bits per heavy atom. The summed E-state index contributed by atoms with van der Waals surface area (Å²) in [6.07, 6.45) is 0.881. The predicted molar refractivity (Wildman–Crippen MR) is 62.9 cm³/mol. The standard InChI is InChI=1S/C11H15Cl2N/c1-8(14)4-9-2-3-10(6-12)11(5-9)7-13/h2-3,5,8H,4,6-7,14H2,1H3. The van der Waals surface area contributed by atoms with Gasteiger partial charge >= 0.3 is 0 Å². The highest BCUT2D eigenvalue weighted by atomic mass is 35.5. The lowest BCUT2D eigenvalue weighted by Crippen LogP contribution is -2.17. The van der Waals surface area contributed by atoms with Crippen molar-refractivity contribution in [2.75, 3.05) is 0 Å². The minimum Gasteiger partial charge on any atom is -0.328 e. The van der Waals surface area contributed by atoms with Crippen LogP contribution in [-0.4, -0.2) is 6.04 Å². The van der Waals surface area contributed by atoms with Crippen LogP contribution in [0.15, 0.2) is 18.2 Å². The molecule has 0 heterocycles. The Hall–Kier alpha value is -0.240. The van der Waals surface area contributed by atoms with Gasteiger partial charge < -0.3 is 5.73 Å². The van der Waals surface area contributed by atoms with E-state index in [1.54, 1.807) is 0 Å². The molecule has 14 heavy (non-hydrogen) atoms. The molecular formula is C11H15Cl2N. The van der Waals surface area contributed by atoms with Crippen molar-refractivity contribution in [1.82, 2.24) is 0 Å². The lowest BCUT2D eigenvalue weighted by molar-refractivity contribution is 0.737. The lowest BCUT2D eigenvalue weighted by atomic mass is 10.0. The summed E-state index contributed by atoms with van der Waals surface area (Å²) in [6.45, 7) is 2.00. The second-order valence-corrected chi connectivity index (χ2v) is 4.09. The first-order valence-corrected chi connectivity index (χ1v) is 5.72. The second kappa shape index (κ2) is 5.59. The molecule has 0 aliphatic heterocycles. The van der Waals surface area contributed by atoms with Crippen LogP contribution in [0.5, 0.6) is 0 Å². The summed E-state index contributed by atoms with van der Waals surface area (Å²) in [5.41, 5.74) is 9.17. The van der Waals surface area contributed by atoms with Crippen LogP contribution in [0.2, 0.25) is 0 Å². The van der Waals surface area contributed by atoms with Crippen LogP contribution < -0.4 is 5.73 Å². The highest BCUT2D eigenvalue weighted by molar-refractivity contribution is 6.18. The van der Waals surface area contributed by atoms with E-state index in [0.717, 1.165) is 17.5 Å². The molecule has 0 aliphatic rings. The first-order valence-electron chi connectivity index (χ1n) is 4.65. The van der Waals surface area contributed by atoms with Gasteiger partial charge in [0.2, 0.25) is 0 Å². The van der Waals surface area contributed by atoms with Crippen LogP contribution in [0.4, 0.5) is 0 Å². The number of halogens is 2. The van der Waals surface area contributed by atoms with E-state index >= 15 is 0 Å². The molecule has 1 aromatic carbocycles. The summed E-state index contributed by atoms with van der Waals surface area (Å²) in [5, 5.41) is 0. The number of rotatable bonds is 4. The Morgan fingerprint density at radius 1 is 1.21 bits per heavy atom. The minimum absolute atomic E-state index is 0.181. The number of nitrogens with two attached hydrogens (primary N) is 1. The summed E-state index contributed by atoms with van der Waals surface area (Å²) in [7, 11) is 0. The zero-order chi connectivity index (χ0) is 10.6. The zero-order valence-corrected chi connectivity index (χ0v) is 9.78. The van der Waals surface area contributed by atoms with Gasteiger partial charge in [-0.15, -0.1) is 23.2 Å². The van der Waals surface area contributed by atoms with Crippen molar-refractivity contribution in [2.45, 2.75) is 31.1 Å². The monoisotopic (exact) mass is 231 g/mol. The van der Waals surface area contributed by atoms with Crippen LogP contribution in [0.1, 0.15) is 23.6 Å². The van der Waals surface area contributed by atoms with E-state index in [4.69, 9.17) is 28.9 Å². The van der Waals surface area contributed by atoms with Gasteiger partial charge in [-0.2, -0.15) is 0 Å². The Kier molecular flexibility index (Phi) is 4.73. The Morgan fingerprint density at radius 3 is 2.36 bits per heavy atom. The molecule has 0 saturated carbocycles. The molecule has 0 aromatic heterocycles. The Bertz CT molecular complexity index is 297. The highest BCUT2D eigenvalue weighted by Crippen LogP contribution is 2.17. The third-order valence-corrected chi connectivity index (χ3v) is 2.69. The maximum atomic E-state index is 5.83. The zero-order valence-electron chi connectivity index (χ0n) is 8.26. The highest BCUT2D eigenvalue weighted by Gasteiger charge is 2.03. The van der Waals surface area contributed by atoms with Crippen molar-refractivity contribution in [3.8, 4) is 0 Å². The van der Waals surface area contributed by atoms with E-state index < -0.39 is 0 Å². The SMILES string of the molecule is CC(N)Cc1ccc(CCl)c(CCl)c1. The fraction of sp³-hybridized carbons (Fsp3) is 0.455. The lowest BCUT2D eigenvalue weighted by Gasteiger charge is -2.09. The van der Waals surface area contributed by atoms with Gasteiger partial charge in [0.1, 0.15) is 0 Å². The van der Waals surface area contributed by atoms with Gasteiger partial charge in [0.15, 0.2) is 0 Å². The molecule has 1 aromatic rings. The van der Waals surface area contributed by atoms with E-state index in [-0.39, 0.29) is 6.04 Å². The molecular weight excluding hydrogens is 217 g/mol. The molecule has 2 N–H and O–H groups in total. The Balaban J connectivity index is 2.89. The third-order valence-electron chi connectivity index (χ3n) is 2.12. The summed E-state index contributed by atoms with van der Waals surface area (Å²) < 4.78 is 0. The van der Waals surface area contributed by atoms with Crippen LogP contribution in [0, 0.1) is 0 Å². The molecule has 0 spiro atoms. The van der Waals surface area contributed by atoms with E-state index in [0.29, 0.717) is 11.8 Å². The number of hydrogen-bond acceptors (Lipinski definition) is 1. The molecule has 1 atom stereocenters. The number of alkyl halides is 2. The van der Waals surface area contributed by atoms with Gasteiger partial charge in [-0.1, -0.05) is 18.2 Å². The van der Waals surface area contributed by atoms with E-state index in [2.05, 4.69) is 12.1 Å². The topological polar surface area (TPSA) is 26.0 Å². The largest absolute Gasteiger partial charge is 0.328 e. The molecule has 0 aliphatic carbocycles. The van der Waals surface area contributed by atoms with Gasteiger partial charge in [0, 0.05) is 17.8 Å². The second-order valence-electron chi connectivity index (χ2n) is 3.55. The van der Waals surface area contributed by atoms with Crippen molar-refractivity contribution in [3.05, 3.63) is 34.9 Å². The maximum absolute atomic E-state index is 5.83. The molecule has 78 valence electrons. The fourth-order valence-electron chi connectivity index (χ4n) is 1.43. The van der Waals surface area contributed by atoms with Gasteiger partial charge in [0.05, 0.1) is 0 Å². The van der Waals surface area contributed by atoms with E-state index in [9.17, 15) is 0 Å². The number of benzene rings is 1. The third kappa shape index (κ3) is 3.16. The quantitative estimate of drug-likeness (QED) is 0.793. The molecule has 0 fully saturated rings. The van der Waals surface area contributed by atoms with Gasteiger partial charge in [-0.05, 0) is 30.0 Å². The molecule has 1 rings (SSSR count). The first kappa shape index (κ1) is 11.8. The predicted octanol–water partition coefficient (Wildman–Crippen LogP) is 3.05. The normalized spacial score (nSPS) is 12.9. The average molecular weight is 232 g/mol. The molecule has 1 unspecified atom stereocenters.